The molecule has 2 amide bonds. The SMILES string of the molecule is COc1cc(F)c(O[C@H]2CC[C@@](C)(C(=O)OC(C)(C)C)CC2)cc1C(=O)Nc1ccccc1C(=O)NCC1(C)CCC1. The van der Waals surface area contributed by atoms with Crippen LogP contribution in [0.4, 0.5) is 10.1 Å². The summed E-state index contributed by atoms with van der Waals surface area (Å²) in [6.45, 7) is 10.1. The molecule has 0 heterocycles. The quantitative estimate of drug-likeness (QED) is 0.320. The van der Waals surface area contributed by atoms with E-state index >= 15 is 4.39 Å². The molecule has 0 aromatic heterocycles. The van der Waals surface area contributed by atoms with E-state index in [0.29, 0.717) is 43.5 Å². The fraction of sp³-hybridized carbons (Fsp3) is 0.545. The Balaban J connectivity index is 1.45. The molecular weight excluding hydrogens is 539 g/mol. The Bertz CT molecular complexity index is 1320. The van der Waals surface area contributed by atoms with E-state index in [1.807, 2.05) is 27.7 Å². The highest BCUT2D eigenvalue weighted by atomic mass is 19.1. The largest absolute Gasteiger partial charge is 0.496 e. The first-order valence-electron chi connectivity index (χ1n) is 14.7. The Labute approximate surface area is 247 Å². The van der Waals surface area contributed by atoms with Crippen molar-refractivity contribution in [3.8, 4) is 11.5 Å². The highest BCUT2D eigenvalue weighted by Crippen LogP contribution is 2.41. The number of carbonyl (C=O) groups excluding carboxylic acids is 3. The summed E-state index contributed by atoms with van der Waals surface area (Å²) in [5, 5.41) is 5.78. The number of carbonyl (C=O) groups is 3. The Kier molecular flexibility index (Phi) is 9.18. The second kappa shape index (κ2) is 12.3. The van der Waals surface area contributed by atoms with Crippen molar-refractivity contribution >= 4 is 23.5 Å². The van der Waals surface area contributed by atoms with Gasteiger partial charge in [-0.3, -0.25) is 14.4 Å². The minimum atomic E-state index is -0.659. The van der Waals surface area contributed by atoms with Crippen molar-refractivity contribution in [3.05, 3.63) is 53.3 Å². The van der Waals surface area contributed by atoms with Gasteiger partial charge < -0.3 is 24.8 Å². The standard InChI is InChI=1S/C33H43FN2O6/c1-31(2,3)42-30(39)33(5)16-12-21(13-17-33)41-27-18-23(26(40-6)19-24(27)34)29(38)36-25-11-8-7-10-22(25)28(37)35-20-32(4)14-9-15-32/h7-8,10-11,18-19,21H,9,12-17,20H2,1-6H3,(H,35,37)(H,36,38)/t21-,33+. The van der Waals surface area contributed by atoms with Gasteiger partial charge in [0, 0.05) is 12.6 Å². The zero-order valence-electron chi connectivity index (χ0n) is 25.5. The van der Waals surface area contributed by atoms with Gasteiger partial charge >= 0.3 is 5.97 Å². The van der Waals surface area contributed by atoms with Crippen LogP contribution in [-0.4, -0.2) is 43.1 Å². The summed E-state index contributed by atoms with van der Waals surface area (Å²) in [5.41, 5.74) is -0.358. The van der Waals surface area contributed by atoms with Crippen molar-refractivity contribution in [1.82, 2.24) is 5.32 Å². The van der Waals surface area contributed by atoms with Crippen LogP contribution in [0.1, 0.15) is 100 Å². The topological polar surface area (TPSA) is 103 Å². The number of hydrogen-bond donors (Lipinski definition) is 2. The molecule has 0 unspecified atom stereocenters. The van der Waals surface area contributed by atoms with Gasteiger partial charge in [0.1, 0.15) is 11.4 Å². The summed E-state index contributed by atoms with van der Waals surface area (Å²) >= 11 is 0. The molecule has 0 radical (unpaired) electrons. The second-order valence-corrected chi connectivity index (χ2v) is 13.2. The Morgan fingerprint density at radius 3 is 2.21 bits per heavy atom. The van der Waals surface area contributed by atoms with Crippen LogP contribution in [0.15, 0.2) is 36.4 Å². The summed E-state index contributed by atoms with van der Waals surface area (Å²) < 4.78 is 32.0. The maximum atomic E-state index is 15.0. The van der Waals surface area contributed by atoms with Crippen LogP contribution < -0.4 is 20.1 Å². The summed E-state index contributed by atoms with van der Waals surface area (Å²) in [7, 11) is 1.35. The molecule has 2 aliphatic carbocycles. The minimum Gasteiger partial charge on any atom is -0.496 e. The van der Waals surface area contributed by atoms with Crippen molar-refractivity contribution in [2.24, 2.45) is 10.8 Å². The number of rotatable bonds is 9. The predicted octanol–water partition coefficient (Wildman–Crippen LogP) is 6.68. The molecule has 228 valence electrons. The monoisotopic (exact) mass is 582 g/mol. The lowest BCUT2D eigenvalue weighted by Crippen LogP contribution is -2.40. The Morgan fingerprint density at radius 2 is 1.62 bits per heavy atom. The molecule has 2 aromatic carbocycles. The highest BCUT2D eigenvalue weighted by Gasteiger charge is 2.41. The molecule has 2 N–H and O–H groups in total. The van der Waals surface area contributed by atoms with Crippen LogP contribution in [0, 0.1) is 16.6 Å². The fourth-order valence-electron chi connectivity index (χ4n) is 5.43. The van der Waals surface area contributed by atoms with Gasteiger partial charge in [-0.1, -0.05) is 25.5 Å². The first-order chi connectivity index (χ1) is 19.7. The number of nitrogens with one attached hydrogen (secondary N) is 2. The number of anilines is 1. The molecule has 2 aliphatic rings. The van der Waals surface area contributed by atoms with E-state index in [-0.39, 0.29) is 40.5 Å². The third kappa shape index (κ3) is 7.41. The predicted molar refractivity (Wildman–Crippen MR) is 158 cm³/mol. The van der Waals surface area contributed by atoms with Crippen LogP contribution in [0.3, 0.4) is 0 Å². The fourth-order valence-corrected chi connectivity index (χ4v) is 5.43. The van der Waals surface area contributed by atoms with Crippen molar-refractivity contribution < 1.29 is 33.0 Å². The Morgan fingerprint density at radius 1 is 0.952 bits per heavy atom. The summed E-state index contributed by atoms with van der Waals surface area (Å²) in [4.78, 5) is 39.2. The summed E-state index contributed by atoms with van der Waals surface area (Å²) in [5.74, 6) is -1.78. The van der Waals surface area contributed by atoms with Gasteiger partial charge in [0.25, 0.3) is 11.8 Å². The molecule has 0 spiro atoms. The molecule has 4 rings (SSSR count). The molecule has 0 saturated heterocycles. The average Bonchev–Trinajstić information content (AvgIpc) is 2.92. The number of benzene rings is 2. The average molecular weight is 583 g/mol. The van der Waals surface area contributed by atoms with E-state index in [4.69, 9.17) is 14.2 Å². The van der Waals surface area contributed by atoms with Gasteiger partial charge in [-0.2, -0.15) is 0 Å². The van der Waals surface area contributed by atoms with Crippen LogP contribution >= 0.6 is 0 Å². The normalized spacial score (nSPS) is 21.5. The maximum absolute atomic E-state index is 15.0. The zero-order chi connectivity index (χ0) is 30.7. The third-order valence-electron chi connectivity index (χ3n) is 8.38. The molecule has 2 saturated carbocycles. The van der Waals surface area contributed by atoms with Crippen molar-refractivity contribution in [3.63, 3.8) is 0 Å². The van der Waals surface area contributed by atoms with Crippen molar-refractivity contribution in [2.45, 2.75) is 91.3 Å². The first-order valence-corrected chi connectivity index (χ1v) is 14.7. The zero-order valence-corrected chi connectivity index (χ0v) is 25.5. The smallest absolute Gasteiger partial charge is 0.312 e. The van der Waals surface area contributed by atoms with Gasteiger partial charge in [0.2, 0.25) is 0 Å². The second-order valence-electron chi connectivity index (χ2n) is 13.2. The molecule has 0 atom stereocenters. The van der Waals surface area contributed by atoms with E-state index < -0.39 is 22.7 Å². The van der Waals surface area contributed by atoms with Gasteiger partial charge in [-0.05, 0) is 89.8 Å². The van der Waals surface area contributed by atoms with Gasteiger partial charge in [-0.25, -0.2) is 4.39 Å². The molecule has 9 heteroatoms. The van der Waals surface area contributed by atoms with E-state index in [1.54, 1.807) is 24.3 Å². The number of para-hydroxylation sites is 1. The number of halogens is 1. The van der Waals surface area contributed by atoms with Gasteiger partial charge in [-0.15, -0.1) is 0 Å². The van der Waals surface area contributed by atoms with E-state index in [1.165, 1.54) is 13.2 Å². The van der Waals surface area contributed by atoms with E-state index in [2.05, 4.69) is 17.6 Å². The lowest BCUT2D eigenvalue weighted by molar-refractivity contribution is -0.169. The molecule has 42 heavy (non-hydrogen) atoms. The molecular formula is C33H43FN2O6. The van der Waals surface area contributed by atoms with Gasteiger partial charge in [0.15, 0.2) is 11.6 Å². The third-order valence-corrected chi connectivity index (χ3v) is 8.38. The van der Waals surface area contributed by atoms with Gasteiger partial charge in [0.05, 0.1) is 35.4 Å². The summed E-state index contributed by atoms with van der Waals surface area (Å²) in [6, 6.07) is 9.21. The lowest BCUT2D eigenvalue weighted by Gasteiger charge is -2.38. The molecule has 0 bridgehead atoms. The first kappa shape index (κ1) is 31.3. The van der Waals surface area contributed by atoms with Crippen LogP contribution in [0.5, 0.6) is 11.5 Å². The van der Waals surface area contributed by atoms with Crippen LogP contribution in [-0.2, 0) is 9.53 Å². The summed E-state index contributed by atoms with van der Waals surface area (Å²) in [6.07, 6.45) is 5.12. The van der Waals surface area contributed by atoms with E-state index in [0.717, 1.165) is 25.3 Å². The highest BCUT2D eigenvalue weighted by molar-refractivity contribution is 6.10. The number of hydrogen-bond acceptors (Lipinski definition) is 6. The Hall–Kier alpha value is -3.62. The minimum absolute atomic E-state index is 0.0401. The van der Waals surface area contributed by atoms with Crippen LogP contribution in [0.25, 0.3) is 0 Å². The number of amides is 2. The number of esters is 1. The lowest BCUT2D eigenvalue weighted by atomic mass is 9.70. The van der Waals surface area contributed by atoms with Crippen molar-refractivity contribution in [1.29, 1.82) is 0 Å². The van der Waals surface area contributed by atoms with Crippen LogP contribution in [0.2, 0.25) is 0 Å². The number of methoxy groups -OCH3 is 1. The van der Waals surface area contributed by atoms with E-state index in [9.17, 15) is 14.4 Å². The molecule has 2 aromatic rings. The number of ether oxygens (including phenoxy) is 3. The molecule has 8 nitrogen and oxygen atoms in total. The maximum Gasteiger partial charge on any atom is 0.312 e. The molecule has 0 aliphatic heterocycles. The molecule has 2 fully saturated rings. The van der Waals surface area contributed by atoms with Crippen molar-refractivity contribution in [2.75, 3.05) is 19.0 Å².